The predicted octanol–water partition coefficient (Wildman–Crippen LogP) is 3.51. The lowest BCUT2D eigenvalue weighted by atomic mass is 9.94. The third kappa shape index (κ3) is 3.02. The van der Waals surface area contributed by atoms with Crippen molar-refractivity contribution in [2.75, 3.05) is 5.32 Å². The van der Waals surface area contributed by atoms with Gasteiger partial charge in [0.2, 0.25) is 5.91 Å². The van der Waals surface area contributed by atoms with Crippen LogP contribution < -0.4 is 11.1 Å². The Morgan fingerprint density at radius 2 is 2.14 bits per heavy atom. The molecule has 1 aromatic heterocycles. The van der Waals surface area contributed by atoms with E-state index in [0.717, 1.165) is 41.6 Å². The van der Waals surface area contributed by atoms with Gasteiger partial charge in [0.25, 0.3) is 0 Å². The minimum Gasteiger partial charge on any atom is -0.324 e. The van der Waals surface area contributed by atoms with E-state index in [1.54, 1.807) is 12.4 Å². The zero-order valence-electron chi connectivity index (χ0n) is 12.8. The smallest absolute Gasteiger partial charge is 0.227 e. The fraction of sp³-hybridized carbons (Fsp3) is 0.333. The fourth-order valence-corrected chi connectivity index (χ4v) is 2.88. The molecule has 114 valence electrons. The van der Waals surface area contributed by atoms with Crippen LogP contribution in [0.5, 0.6) is 0 Å². The minimum atomic E-state index is -0.0296. The Bertz CT molecular complexity index is 684. The molecule has 4 nitrogen and oxygen atoms in total. The maximum Gasteiger partial charge on any atom is 0.227 e. The summed E-state index contributed by atoms with van der Waals surface area (Å²) in [6, 6.07) is 10.2. The first-order valence-corrected chi connectivity index (χ1v) is 7.76. The van der Waals surface area contributed by atoms with Gasteiger partial charge in [-0.05, 0) is 36.1 Å². The van der Waals surface area contributed by atoms with Gasteiger partial charge < -0.3 is 11.1 Å². The molecule has 2 aromatic rings. The summed E-state index contributed by atoms with van der Waals surface area (Å²) >= 11 is 0. The number of nitrogens with two attached hydrogens (primary N) is 1. The Labute approximate surface area is 130 Å². The van der Waals surface area contributed by atoms with E-state index in [1.165, 1.54) is 0 Å². The fourth-order valence-electron chi connectivity index (χ4n) is 2.88. The normalized spacial score (nSPS) is 22.0. The van der Waals surface area contributed by atoms with Crippen molar-refractivity contribution in [3.05, 3.63) is 48.3 Å². The zero-order valence-corrected chi connectivity index (χ0v) is 12.8. The molecule has 0 radical (unpaired) electrons. The molecule has 0 saturated carbocycles. The number of fused-ring (bicyclic) bond motifs is 4. The summed E-state index contributed by atoms with van der Waals surface area (Å²) in [6.45, 7) is 1.96. The predicted molar refractivity (Wildman–Crippen MR) is 88.2 cm³/mol. The number of hydrogen-bond donors (Lipinski definition) is 2. The third-order valence-corrected chi connectivity index (χ3v) is 4.30. The highest BCUT2D eigenvalue weighted by Crippen LogP contribution is 2.31. The zero-order chi connectivity index (χ0) is 15.5. The maximum atomic E-state index is 12.3. The molecule has 0 saturated heterocycles. The number of carbonyl (C=O) groups excluding carboxylic acids is 1. The third-order valence-electron chi connectivity index (χ3n) is 4.30. The lowest BCUT2D eigenvalue weighted by molar-refractivity contribution is -0.119. The van der Waals surface area contributed by atoms with Gasteiger partial charge in [0.05, 0.1) is 11.9 Å². The summed E-state index contributed by atoms with van der Waals surface area (Å²) in [5.41, 5.74) is 10.2. The number of rotatable bonds is 0. The molecule has 1 aliphatic rings. The van der Waals surface area contributed by atoms with Crippen LogP contribution in [0.1, 0.15) is 37.8 Å². The van der Waals surface area contributed by atoms with E-state index in [0.29, 0.717) is 0 Å². The van der Waals surface area contributed by atoms with Crippen molar-refractivity contribution < 1.29 is 4.79 Å². The van der Waals surface area contributed by atoms with Gasteiger partial charge in [-0.1, -0.05) is 31.5 Å². The van der Waals surface area contributed by atoms with Gasteiger partial charge in [-0.3, -0.25) is 9.78 Å². The van der Waals surface area contributed by atoms with E-state index in [9.17, 15) is 4.79 Å². The monoisotopic (exact) mass is 295 g/mol. The van der Waals surface area contributed by atoms with E-state index in [2.05, 4.69) is 22.4 Å². The topological polar surface area (TPSA) is 68.0 Å². The number of benzene rings is 1. The molecule has 1 aromatic carbocycles. The average molecular weight is 295 g/mol. The summed E-state index contributed by atoms with van der Waals surface area (Å²) in [5.74, 6) is 0.0116. The number of aromatic nitrogens is 1. The molecular weight excluding hydrogens is 274 g/mol. The van der Waals surface area contributed by atoms with Gasteiger partial charge in [0.1, 0.15) is 0 Å². The Morgan fingerprint density at radius 3 is 3.00 bits per heavy atom. The van der Waals surface area contributed by atoms with E-state index in [4.69, 9.17) is 5.73 Å². The van der Waals surface area contributed by atoms with Crippen LogP contribution in [-0.2, 0) is 4.79 Å². The molecule has 3 rings (SSSR count). The Kier molecular flexibility index (Phi) is 4.20. The molecule has 1 amide bonds. The van der Waals surface area contributed by atoms with E-state index in [-0.39, 0.29) is 17.9 Å². The molecule has 2 bridgehead atoms. The van der Waals surface area contributed by atoms with Gasteiger partial charge >= 0.3 is 0 Å². The standard InChI is InChI=1S/C18H21N3O/c1-12-4-2-7-16(19)14-6-3-5-13(10-14)15-8-9-20-11-17(15)21-18(12)22/h3,5-6,8-12,16H,2,4,7,19H2,1H3,(H,21,22)/t12-,16+/m1/s1. The molecule has 0 fully saturated rings. The molecule has 2 heterocycles. The first kappa shape index (κ1) is 14.7. The number of anilines is 1. The van der Waals surface area contributed by atoms with Crippen molar-refractivity contribution in [1.82, 2.24) is 4.98 Å². The Hall–Kier alpha value is -2.20. The van der Waals surface area contributed by atoms with Crippen molar-refractivity contribution in [2.24, 2.45) is 11.7 Å². The average Bonchev–Trinajstić information content (AvgIpc) is 2.54. The van der Waals surface area contributed by atoms with Crippen LogP contribution in [0.3, 0.4) is 0 Å². The Balaban J connectivity index is 2.09. The summed E-state index contributed by atoms with van der Waals surface area (Å²) in [6.07, 6.45) is 6.13. The van der Waals surface area contributed by atoms with E-state index in [1.807, 2.05) is 25.1 Å². The lowest BCUT2D eigenvalue weighted by Gasteiger charge is -2.19. The van der Waals surface area contributed by atoms with Crippen molar-refractivity contribution in [3.63, 3.8) is 0 Å². The number of hydrogen-bond acceptors (Lipinski definition) is 3. The van der Waals surface area contributed by atoms with Crippen LogP contribution in [0.25, 0.3) is 11.1 Å². The van der Waals surface area contributed by atoms with E-state index < -0.39 is 0 Å². The van der Waals surface area contributed by atoms with Crippen LogP contribution in [0, 0.1) is 5.92 Å². The summed E-state index contributed by atoms with van der Waals surface area (Å²) in [5, 5.41) is 3.02. The second-order valence-electron chi connectivity index (χ2n) is 5.97. The van der Waals surface area contributed by atoms with Gasteiger partial charge in [-0.2, -0.15) is 0 Å². The summed E-state index contributed by atoms with van der Waals surface area (Å²) in [7, 11) is 0. The Morgan fingerprint density at radius 1 is 1.27 bits per heavy atom. The number of carbonyl (C=O) groups is 1. The first-order valence-electron chi connectivity index (χ1n) is 7.76. The second kappa shape index (κ2) is 6.28. The van der Waals surface area contributed by atoms with Crippen molar-refractivity contribution in [2.45, 2.75) is 32.2 Å². The van der Waals surface area contributed by atoms with E-state index >= 15 is 0 Å². The van der Waals surface area contributed by atoms with Crippen molar-refractivity contribution in [3.8, 4) is 11.1 Å². The van der Waals surface area contributed by atoms with Crippen LogP contribution in [0.4, 0.5) is 5.69 Å². The molecular formula is C18H21N3O. The van der Waals surface area contributed by atoms with Crippen molar-refractivity contribution >= 4 is 11.6 Å². The highest BCUT2D eigenvalue weighted by Gasteiger charge is 2.18. The van der Waals surface area contributed by atoms with Crippen LogP contribution in [0.15, 0.2) is 42.7 Å². The molecule has 0 spiro atoms. The van der Waals surface area contributed by atoms with Crippen molar-refractivity contribution in [1.29, 1.82) is 0 Å². The van der Waals surface area contributed by atoms with Gasteiger partial charge in [0, 0.05) is 23.7 Å². The number of amides is 1. The first-order chi connectivity index (χ1) is 10.6. The molecule has 22 heavy (non-hydrogen) atoms. The molecule has 4 heteroatoms. The lowest BCUT2D eigenvalue weighted by Crippen LogP contribution is -2.21. The highest BCUT2D eigenvalue weighted by molar-refractivity contribution is 5.96. The maximum absolute atomic E-state index is 12.3. The largest absolute Gasteiger partial charge is 0.324 e. The molecule has 0 aliphatic carbocycles. The van der Waals surface area contributed by atoms with Gasteiger partial charge in [0.15, 0.2) is 0 Å². The molecule has 1 aliphatic heterocycles. The summed E-state index contributed by atoms with van der Waals surface area (Å²) in [4.78, 5) is 16.5. The molecule has 3 N–H and O–H groups in total. The number of nitrogens with zero attached hydrogens (tertiary/aromatic N) is 1. The van der Waals surface area contributed by atoms with Crippen LogP contribution in [-0.4, -0.2) is 10.9 Å². The SMILES string of the molecule is C[C@@H]1CCC[C@H](N)c2cccc(c2)-c2ccncc2NC1=O. The number of nitrogens with one attached hydrogen (secondary N) is 1. The molecule has 2 atom stereocenters. The van der Waals surface area contributed by atoms with Crippen LogP contribution in [0.2, 0.25) is 0 Å². The van der Waals surface area contributed by atoms with Gasteiger partial charge in [-0.25, -0.2) is 0 Å². The highest BCUT2D eigenvalue weighted by atomic mass is 16.1. The summed E-state index contributed by atoms with van der Waals surface area (Å²) < 4.78 is 0. The van der Waals surface area contributed by atoms with Crippen LogP contribution >= 0.6 is 0 Å². The van der Waals surface area contributed by atoms with Gasteiger partial charge in [-0.15, -0.1) is 0 Å². The minimum absolute atomic E-state index is 0.0138. The molecule has 0 unspecified atom stereocenters. The quantitative estimate of drug-likeness (QED) is 0.781. The number of pyridine rings is 1. The second-order valence-corrected chi connectivity index (χ2v) is 5.97.